The maximum Gasteiger partial charge on any atom is 0.337 e. The lowest BCUT2D eigenvalue weighted by Gasteiger charge is -2.39. The van der Waals surface area contributed by atoms with Crippen LogP contribution < -0.4 is 0 Å². The van der Waals surface area contributed by atoms with Crippen LogP contribution in [0.1, 0.15) is 28.9 Å². The summed E-state index contributed by atoms with van der Waals surface area (Å²) in [6, 6.07) is 5.77. The van der Waals surface area contributed by atoms with E-state index in [1.807, 2.05) is 0 Å². The van der Waals surface area contributed by atoms with Crippen molar-refractivity contribution in [3.8, 4) is 0 Å². The molecule has 0 fully saturated rings. The van der Waals surface area contributed by atoms with Gasteiger partial charge in [0.25, 0.3) is 0 Å². The Morgan fingerprint density at radius 2 is 1.54 bits per heavy atom. The lowest BCUT2D eigenvalue weighted by molar-refractivity contribution is -0.137. The van der Waals surface area contributed by atoms with Crippen LogP contribution >= 0.6 is 0 Å². The zero-order chi connectivity index (χ0) is 18.0. The van der Waals surface area contributed by atoms with Gasteiger partial charge < -0.3 is 19.3 Å². The Kier molecular flexibility index (Phi) is 4.92. The molecule has 7 heteroatoms. The molecule has 0 aliphatic carbocycles. The van der Waals surface area contributed by atoms with Crippen LogP contribution in [-0.4, -0.2) is 56.1 Å². The number of hydrogen-bond acceptors (Lipinski definition) is 5. The van der Waals surface area contributed by atoms with Crippen molar-refractivity contribution in [3.63, 3.8) is 0 Å². The van der Waals surface area contributed by atoms with Crippen molar-refractivity contribution in [3.05, 3.63) is 46.7 Å². The van der Waals surface area contributed by atoms with Gasteiger partial charge in [-0.25, -0.2) is 14.4 Å². The van der Waals surface area contributed by atoms with E-state index in [9.17, 15) is 14.4 Å². The summed E-state index contributed by atoms with van der Waals surface area (Å²) in [7, 11) is 5.83. The Balaban J connectivity index is 2.53. The Labute approximate surface area is 140 Å². The summed E-state index contributed by atoms with van der Waals surface area (Å²) < 4.78 is 9.56. The number of carbonyl (C=O) groups is 3. The molecule has 2 amide bonds. The second kappa shape index (κ2) is 6.74. The van der Waals surface area contributed by atoms with E-state index in [1.165, 1.54) is 24.0 Å². The van der Waals surface area contributed by atoms with Gasteiger partial charge in [-0.1, -0.05) is 12.1 Å². The van der Waals surface area contributed by atoms with Crippen molar-refractivity contribution in [1.29, 1.82) is 0 Å². The van der Waals surface area contributed by atoms with Gasteiger partial charge in [0, 0.05) is 19.8 Å². The number of allylic oxidation sites excluding steroid dienone is 1. The molecule has 24 heavy (non-hydrogen) atoms. The van der Waals surface area contributed by atoms with Gasteiger partial charge >= 0.3 is 18.0 Å². The number of carbonyl (C=O) groups excluding carboxylic acids is 3. The average molecular weight is 332 g/mol. The molecule has 1 aliphatic heterocycles. The van der Waals surface area contributed by atoms with Crippen LogP contribution in [0.25, 0.3) is 0 Å². The molecule has 1 aliphatic rings. The number of ether oxygens (including phenoxy) is 2. The molecule has 0 saturated carbocycles. The van der Waals surface area contributed by atoms with Gasteiger partial charge in [0.05, 0.1) is 31.4 Å². The fraction of sp³-hybridized carbons (Fsp3) is 0.353. The van der Waals surface area contributed by atoms with Crippen LogP contribution in [0.15, 0.2) is 35.5 Å². The van der Waals surface area contributed by atoms with Gasteiger partial charge in [0.1, 0.15) is 0 Å². The first-order valence-electron chi connectivity index (χ1n) is 7.31. The lowest BCUT2D eigenvalue weighted by Crippen LogP contribution is -2.47. The van der Waals surface area contributed by atoms with Gasteiger partial charge in [-0.05, 0) is 24.6 Å². The highest BCUT2D eigenvalue weighted by molar-refractivity contribution is 5.95. The quantitative estimate of drug-likeness (QED) is 0.791. The molecule has 1 aromatic carbocycles. The molecule has 0 N–H and O–H groups in total. The molecule has 0 unspecified atom stereocenters. The summed E-state index contributed by atoms with van der Waals surface area (Å²) in [6.07, 6.45) is 0. The summed E-state index contributed by atoms with van der Waals surface area (Å²) in [5.74, 6) is -0.949. The Morgan fingerprint density at radius 1 is 1.00 bits per heavy atom. The number of benzene rings is 1. The van der Waals surface area contributed by atoms with Crippen molar-refractivity contribution in [1.82, 2.24) is 9.80 Å². The Bertz CT molecular complexity index is 708. The molecule has 0 spiro atoms. The van der Waals surface area contributed by atoms with Crippen molar-refractivity contribution < 1.29 is 23.9 Å². The number of hydrogen-bond donors (Lipinski definition) is 0. The largest absolute Gasteiger partial charge is 0.466 e. The maximum atomic E-state index is 12.4. The third-order valence-corrected chi connectivity index (χ3v) is 4.20. The molecule has 7 nitrogen and oxygen atoms in total. The zero-order valence-electron chi connectivity index (χ0n) is 14.3. The number of likely N-dealkylation sites (N-methyl/N-ethyl adjacent to an activating group) is 1. The third-order valence-electron chi connectivity index (χ3n) is 4.20. The topological polar surface area (TPSA) is 76.2 Å². The molecular formula is C17H20N2O5. The minimum absolute atomic E-state index is 0.234. The van der Waals surface area contributed by atoms with Crippen LogP contribution in [0.5, 0.6) is 0 Å². The Morgan fingerprint density at radius 3 is 2.04 bits per heavy atom. The van der Waals surface area contributed by atoms with Crippen LogP contribution in [-0.2, 0) is 14.3 Å². The first-order chi connectivity index (χ1) is 11.3. The number of esters is 2. The second-order valence-electron chi connectivity index (χ2n) is 5.46. The summed E-state index contributed by atoms with van der Waals surface area (Å²) in [5, 5.41) is 0. The van der Waals surface area contributed by atoms with E-state index < -0.39 is 18.0 Å². The first kappa shape index (κ1) is 17.5. The summed E-state index contributed by atoms with van der Waals surface area (Å²) in [4.78, 5) is 39.1. The van der Waals surface area contributed by atoms with Crippen LogP contribution in [0.2, 0.25) is 0 Å². The average Bonchev–Trinajstić information content (AvgIpc) is 2.61. The number of methoxy groups -OCH3 is 2. The van der Waals surface area contributed by atoms with Gasteiger partial charge in [-0.3, -0.25) is 0 Å². The van der Waals surface area contributed by atoms with Gasteiger partial charge in [-0.2, -0.15) is 0 Å². The zero-order valence-corrected chi connectivity index (χ0v) is 14.3. The SMILES string of the molecule is COC(=O)C1=C(C)N(C)C(=O)N(C)[C@H]1c1ccc(C(=O)OC)cc1. The molecule has 1 heterocycles. The van der Waals surface area contributed by atoms with E-state index in [1.54, 1.807) is 45.3 Å². The molecule has 128 valence electrons. The van der Waals surface area contributed by atoms with Crippen molar-refractivity contribution in [2.75, 3.05) is 28.3 Å². The third kappa shape index (κ3) is 2.84. The fourth-order valence-electron chi connectivity index (χ4n) is 2.74. The van der Waals surface area contributed by atoms with Crippen molar-refractivity contribution >= 4 is 18.0 Å². The van der Waals surface area contributed by atoms with Gasteiger partial charge in [0.2, 0.25) is 0 Å². The predicted octanol–water partition coefficient (Wildman–Crippen LogP) is 1.96. The van der Waals surface area contributed by atoms with Crippen LogP contribution in [0, 0.1) is 0 Å². The number of amides is 2. The van der Waals surface area contributed by atoms with Crippen LogP contribution in [0.4, 0.5) is 4.79 Å². The second-order valence-corrected chi connectivity index (χ2v) is 5.46. The molecule has 0 radical (unpaired) electrons. The minimum atomic E-state index is -0.590. The first-order valence-corrected chi connectivity index (χ1v) is 7.31. The van der Waals surface area contributed by atoms with E-state index in [0.29, 0.717) is 22.4 Å². The minimum Gasteiger partial charge on any atom is -0.466 e. The molecule has 1 aromatic rings. The summed E-state index contributed by atoms with van der Waals surface area (Å²) in [6.45, 7) is 1.70. The van der Waals surface area contributed by atoms with E-state index in [2.05, 4.69) is 4.74 Å². The van der Waals surface area contributed by atoms with Crippen LogP contribution in [0.3, 0.4) is 0 Å². The molecule has 0 saturated heterocycles. The maximum absolute atomic E-state index is 12.4. The van der Waals surface area contributed by atoms with E-state index >= 15 is 0 Å². The lowest BCUT2D eigenvalue weighted by atomic mass is 9.93. The van der Waals surface area contributed by atoms with E-state index in [-0.39, 0.29) is 6.03 Å². The molecule has 1 atom stereocenters. The van der Waals surface area contributed by atoms with E-state index in [0.717, 1.165) is 0 Å². The number of nitrogens with zero attached hydrogens (tertiary/aromatic N) is 2. The fourth-order valence-corrected chi connectivity index (χ4v) is 2.74. The molecule has 0 aromatic heterocycles. The standard InChI is InChI=1S/C17H20N2O5/c1-10-13(16(21)24-5)14(19(3)17(22)18(10)2)11-6-8-12(9-7-11)15(20)23-4/h6-9,14H,1-5H3/t14-/m0/s1. The van der Waals surface area contributed by atoms with Gasteiger partial charge in [0.15, 0.2) is 0 Å². The summed E-state index contributed by atoms with van der Waals surface area (Å²) >= 11 is 0. The molecular weight excluding hydrogens is 312 g/mol. The number of rotatable bonds is 3. The van der Waals surface area contributed by atoms with Crippen molar-refractivity contribution in [2.45, 2.75) is 13.0 Å². The van der Waals surface area contributed by atoms with Gasteiger partial charge in [-0.15, -0.1) is 0 Å². The van der Waals surface area contributed by atoms with E-state index in [4.69, 9.17) is 4.74 Å². The normalized spacial score (nSPS) is 17.9. The molecule has 2 rings (SSSR count). The smallest absolute Gasteiger partial charge is 0.337 e. The highest BCUT2D eigenvalue weighted by atomic mass is 16.5. The highest BCUT2D eigenvalue weighted by Gasteiger charge is 2.38. The number of urea groups is 1. The Hall–Kier alpha value is -2.83. The predicted molar refractivity (Wildman–Crippen MR) is 86.2 cm³/mol. The molecule has 0 bridgehead atoms. The van der Waals surface area contributed by atoms with Crippen molar-refractivity contribution in [2.24, 2.45) is 0 Å². The summed E-state index contributed by atoms with van der Waals surface area (Å²) in [5.41, 5.74) is 2.01. The monoisotopic (exact) mass is 332 g/mol. The highest BCUT2D eigenvalue weighted by Crippen LogP contribution is 2.36.